The first-order valence-corrected chi connectivity index (χ1v) is 8.59. The van der Waals surface area contributed by atoms with E-state index in [0.29, 0.717) is 29.1 Å². The molecular weight excluding hydrogens is 486 g/mol. The molecule has 0 saturated heterocycles. The average molecular weight is 505 g/mol. The van der Waals surface area contributed by atoms with Crippen molar-refractivity contribution in [2.75, 3.05) is 13.6 Å². The number of benzene rings is 1. The Morgan fingerprint density at radius 1 is 1.12 bits per heavy atom. The highest BCUT2D eigenvalue weighted by atomic mass is 127. The highest BCUT2D eigenvalue weighted by molar-refractivity contribution is 14.0. The molecule has 0 aliphatic heterocycles. The van der Waals surface area contributed by atoms with E-state index in [1.54, 1.807) is 13.1 Å². The summed E-state index contributed by atoms with van der Waals surface area (Å²) in [6, 6.07) is 11.3. The first-order valence-electron chi connectivity index (χ1n) is 7.84. The zero-order valence-electron chi connectivity index (χ0n) is 14.1. The topological polar surface area (TPSA) is 66.6 Å². The molecule has 1 aromatic carbocycles. The van der Waals surface area contributed by atoms with Crippen LogP contribution in [-0.2, 0) is 13.0 Å². The van der Waals surface area contributed by atoms with Crippen LogP contribution >= 0.6 is 47.2 Å². The molecule has 0 atom stereocenters. The fourth-order valence-electron chi connectivity index (χ4n) is 2.48. The summed E-state index contributed by atoms with van der Waals surface area (Å²) >= 11 is 12.0. The molecule has 0 saturated carbocycles. The second-order valence-electron chi connectivity index (χ2n) is 5.43. The third-order valence-electron chi connectivity index (χ3n) is 3.65. The predicted molar refractivity (Wildman–Crippen MR) is 117 cm³/mol. The summed E-state index contributed by atoms with van der Waals surface area (Å²) in [5.74, 6) is 1.51. The van der Waals surface area contributed by atoms with Gasteiger partial charge in [0.2, 0.25) is 0 Å². The van der Waals surface area contributed by atoms with Crippen LogP contribution in [0, 0.1) is 0 Å². The number of nitrogens with one attached hydrogen (secondary N) is 2. The van der Waals surface area contributed by atoms with Crippen molar-refractivity contribution in [3.63, 3.8) is 0 Å². The summed E-state index contributed by atoms with van der Waals surface area (Å²) in [6.07, 6.45) is 2.72. The van der Waals surface area contributed by atoms with Crippen molar-refractivity contribution in [2.24, 2.45) is 4.99 Å². The van der Waals surface area contributed by atoms with Crippen molar-refractivity contribution in [2.45, 2.75) is 13.0 Å². The Balaban J connectivity index is 0.00000243. The van der Waals surface area contributed by atoms with Gasteiger partial charge >= 0.3 is 0 Å². The lowest BCUT2D eigenvalue weighted by Crippen LogP contribution is -2.38. The molecular formula is C17H19Cl2IN6. The Kier molecular flexibility index (Phi) is 7.92. The Morgan fingerprint density at radius 3 is 2.62 bits per heavy atom. The van der Waals surface area contributed by atoms with Crippen LogP contribution in [0.5, 0.6) is 0 Å². The van der Waals surface area contributed by atoms with Crippen molar-refractivity contribution in [1.29, 1.82) is 0 Å². The Hall–Kier alpha value is -1.58. The van der Waals surface area contributed by atoms with E-state index in [0.717, 1.165) is 23.5 Å². The van der Waals surface area contributed by atoms with Crippen molar-refractivity contribution < 1.29 is 0 Å². The smallest absolute Gasteiger partial charge is 0.191 e. The maximum absolute atomic E-state index is 6.02. The second-order valence-corrected chi connectivity index (χ2v) is 6.30. The molecule has 2 heterocycles. The lowest BCUT2D eigenvalue weighted by Gasteiger charge is -2.11. The SMILES string of the molecule is CN=C(NCCc1cc(Cl)cc(Cl)c1)NCc1nnc2ccccn12.I. The van der Waals surface area contributed by atoms with Gasteiger partial charge in [-0.2, -0.15) is 0 Å². The molecule has 3 rings (SSSR count). The van der Waals surface area contributed by atoms with Gasteiger partial charge in [0.25, 0.3) is 0 Å². The second kappa shape index (κ2) is 9.94. The fraction of sp³-hybridized carbons (Fsp3) is 0.235. The van der Waals surface area contributed by atoms with Gasteiger partial charge in [-0.3, -0.25) is 9.39 Å². The molecule has 0 bridgehead atoms. The number of hydrogen-bond acceptors (Lipinski definition) is 3. The number of fused-ring (bicyclic) bond motifs is 1. The number of hydrogen-bond donors (Lipinski definition) is 2. The number of halogens is 3. The quantitative estimate of drug-likeness (QED) is 0.317. The zero-order valence-corrected chi connectivity index (χ0v) is 18.0. The summed E-state index contributed by atoms with van der Waals surface area (Å²) in [4.78, 5) is 4.22. The van der Waals surface area contributed by atoms with Crippen molar-refractivity contribution >= 4 is 58.8 Å². The molecule has 0 aliphatic rings. The number of rotatable bonds is 5. The molecule has 0 unspecified atom stereocenters. The fourth-order valence-corrected chi connectivity index (χ4v) is 3.05. The van der Waals surface area contributed by atoms with Gasteiger partial charge in [-0.1, -0.05) is 29.3 Å². The average Bonchev–Trinajstić information content (AvgIpc) is 3.00. The van der Waals surface area contributed by atoms with Gasteiger partial charge in [0, 0.05) is 29.8 Å². The Labute approximate surface area is 179 Å². The van der Waals surface area contributed by atoms with E-state index < -0.39 is 0 Å². The summed E-state index contributed by atoms with van der Waals surface area (Å²) < 4.78 is 1.94. The largest absolute Gasteiger partial charge is 0.356 e. The molecule has 0 spiro atoms. The monoisotopic (exact) mass is 504 g/mol. The first kappa shape index (κ1) is 20.7. The van der Waals surface area contributed by atoms with Crippen LogP contribution < -0.4 is 10.6 Å². The van der Waals surface area contributed by atoms with Crippen LogP contribution in [0.3, 0.4) is 0 Å². The Morgan fingerprint density at radius 2 is 1.88 bits per heavy atom. The van der Waals surface area contributed by atoms with E-state index in [2.05, 4.69) is 25.8 Å². The number of pyridine rings is 1. The molecule has 0 fully saturated rings. The number of aliphatic imine (C=N–C) groups is 1. The normalized spacial score (nSPS) is 11.3. The third kappa shape index (κ3) is 5.46. The van der Waals surface area contributed by atoms with Crippen LogP contribution in [0.4, 0.5) is 0 Å². The molecule has 0 aliphatic carbocycles. The van der Waals surface area contributed by atoms with Gasteiger partial charge in [-0.25, -0.2) is 0 Å². The molecule has 3 aromatic rings. The lowest BCUT2D eigenvalue weighted by molar-refractivity contribution is 0.757. The predicted octanol–water partition coefficient (Wildman–Crippen LogP) is 3.56. The van der Waals surface area contributed by atoms with E-state index >= 15 is 0 Å². The van der Waals surface area contributed by atoms with E-state index in [1.165, 1.54) is 0 Å². The molecule has 6 nitrogen and oxygen atoms in total. The van der Waals surface area contributed by atoms with Crippen LogP contribution in [-0.4, -0.2) is 34.2 Å². The van der Waals surface area contributed by atoms with Gasteiger partial charge in [0.15, 0.2) is 17.4 Å². The highest BCUT2D eigenvalue weighted by Crippen LogP contribution is 2.19. The van der Waals surface area contributed by atoms with Gasteiger partial charge in [-0.15, -0.1) is 34.2 Å². The van der Waals surface area contributed by atoms with Gasteiger partial charge in [0.1, 0.15) is 0 Å². The zero-order chi connectivity index (χ0) is 17.6. The van der Waals surface area contributed by atoms with Crippen LogP contribution in [0.1, 0.15) is 11.4 Å². The molecule has 138 valence electrons. The summed E-state index contributed by atoms with van der Waals surface area (Å²) in [5.41, 5.74) is 1.89. The van der Waals surface area contributed by atoms with Gasteiger partial charge in [0.05, 0.1) is 6.54 Å². The van der Waals surface area contributed by atoms with E-state index in [9.17, 15) is 0 Å². The minimum atomic E-state index is 0. The van der Waals surface area contributed by atoms with Crippen molar-refractivity contribution in [3.05, 3.63) is 64.0 Å². The molecule has 2 N–H and O–H groups in total. The van der Waals surface area contributed by atoms with Gasteiger partial charge in [-0.05, 0) is 42.3 Å². The lowest BCUT2D eigenvalue weighted by atomic mass is 10.1. The molecule has 2 aromatic heterocycles. The van der Waals surface area contributed by atoms with Crippen LogP contribution in [0.15, 0.2) is 47.6 Å². The first-order chi connectivity index (χ1) is 12.2. The van der Waals surface area contributed by atoms with E-state index in [1.807, 2.05) is 40.9 Å². The molecule has 0 amide bonds. The minimum Gasteiger partial charge on any atom is -0.356 e. The van der Waals surface area contributed by atoms with E-state index in [-0.39, 0.29) is 24.0 Å². The Bertz CT molecular complexity index is 876. The number of nitrogens with zero attached hydrogens (tertiary/aromatic N) is 4. The maximum Gasteiger partial charge on any atom is 0.191 e. The summed E-state index contributed by atoms with van der Waals surface area (Å²) in [7, 11) is 1.73. The molecule has 9 heteroatoms. The summed E-state index contributed by atoms with van der Waals surface area (Å²) in [5, 5.41) is 16.1. The van der Waals surface area contributed by atoms with Crippen LogP contribution in [0.25, 0.3) is 5.65 Å². The molecule has 26 heavy (non-hydrogen) atoms. The van der Waals surface area contributed by atoms with Crippen LogP contribution in [0.2, 0.25) is 10.0 Å². The summed E-state index contributed by atoms with van der Waals surface area (Å²) in [6.45, 7) is 1.23. The standard InChI is InChI=1S/C17H18Cl2N6.HI/c1-20-17(21-6-5-12-8-13(18)10-14(19)9-12)22-11-16-24-23-15-4-2-3-7-25(15)16;/h2-4,7-10H,5-6,11H2,1H3,(H2,20,21,22);1H. The third-order valence-corrected chi connectivity index (χ3v) is 4.09. The number of aromatic nitrogens is 3. The minimum absolute atomic E-state index is 0. The van der Waals surface area contributed by atoms with Crippen molar-refractivity contribution in [1.82, 2.24) is 25.2 Å². The van der Waals surface area contributed by atoms with Gasteiger partial charge < -0.3 is 10.6 Å². The molecule has 0 radical (unpaired) electrons. The maximum atomic E-state index is 6.02. The highest BCUT2D eigenvalue weighted by Gasteiger charge is 2.06. The number of guanidine groups is 1. The van der Waals surface area contributed by atoms with E-state index in [4.69, 9.17) is 23.2 Å². The van der Waals surface area contributed by atoms with Crippen molar-refractivity contribution in [3.8, 4) is 0 Å².